The Balaban J connectivity index is 1.69. The molecule has 1 spiro atoms. The number of ether oxygens (including phenoxy) is 2. The quantitative estimate of drug-likeness (QED) is 0.737. The maximum Gasteiger partial charge on any atom is 0.231 e. The van der Waals surface area contributed by atoms with E-state index >= 15 is 0 Å². The van der Waals surface area contributed by atoms with Crippen molar-refractivity contribution in [3.63, 3.8) is 0 Å². The molecule has 0 radical (unpaired) electrons. The molecular formula is C18H17NO3. The third-order valence-electron chi connectivity index (χ3n) is 5.41. The third kappa shape index (κ3) is 1.45. The van der Waals surface area contributed by atoms with Crippen molar-refractivity contribution < 1.29 is 14.3 Å². The summed E-state index contributed by atoms with van der Waals surface area (Å²) in [6.45, 7) is 1.24. The molecule has 2 fully saturated rings. The van der Waals surface area contributed by atoms with Crippen molar-refractivity contribution in [3.8, 4) is 0 Å². The van der Waals surface area contributed by atoms with Crippen molar-refractivity contribution in [2.75, 3.05) is 18.2 Å². The molecule has 3 aliphatic heterocycles. The lowest BCUT2D eigenvalue weighted by atomic mass is 9.66. The topological polar surface area (TPSA) is 38.8 Å². The summed E-state index contributed by atoms with van der Waals surface area (Å²) < 4.78 is 10.9. The van der Waals surface area contributed by atoms with Gasteiger partial charge < -0.3 is 14.4 Å². The van der Waals surface area contributed by atoms with Crippen LogP contribution < -0.4 is 4.90 Å². The molecule has 5 rings (SSSR count). The SMILES string of the molecule is O=C1C=C2OCOC2=C[C@]12Cc1ccccc1N1CCC[C@H]12. The Hall–Kier alpha value is -2.23. The van der Waals surface area contributed by atoms with Gasteiger partial charge >= 0.3 is 0 Å². The van der Waals surface area contributed by atoms with Crippen LogP contribution in [0.4, 0.5) is 5.69 Å². The second-order valence-corrected chi connectivity index (χ2v) is 6.49. The first-order valence-corrected chi connectivity index (χ1v) is 7.87. The fourth-order valence-electron chi connectivity index (χ4n) is 4.45. The normalized spacial score (nSPS) is 31.7. The van der Waals surface area contributed by atoms with Crippen LogP contribution >= 0.6 is 0 Å². The number of nitrogens with zero attached hydrogens (tertiary/aromatic N) is 1. The fourth-order valence-corrected chi connectivity index (χ4v) is 4.45. The lowest BCUT2D eigenvalue weighted by molar-refractivity contribution is -0.123. The Morgan fingerprint density at radius 1 is 1.18 bits per heavy atom. The highest BCUT2D eigenvalue weighted by Crippen LogP contribution is 2.50. The second kappa shape index (κ2) is 4.15. The third-order valence-corrected chi connectivity index (χ3v) is 5.41. The number of benzene rings is 1. The zero-order valence-electron chi connectivity index (χ0n) is 12.2. The molecule has 0 amide bonds. The maximum atomic E-state index is 13.0. The Morgan fingerprint density at radius 2 is 2.05 bits per heavy atom. The van der Waals surface area contributed by atoms with Gasteiger partial charge in [0, 0.05) is 24.4 Å². The van der Waals surface area contributed by atoms with E-state index in [0.717, 1.165) is 31.6 Å². The summed E-state index contributed by atoms with van der Waals surface area (Å²) in [5.41, 5.74) is 2.04. The van der Waals surface area contributed by atoms with Gasteiger partial charge in [-0.2, -0.15) is 0 Å². The summed E-state index contributed by atoms with van der Waals surface area (Å²) in [5, 5.41) is 0. The van der Waals surface area contributed by atoms with Gasteiger partial charge in [-0.15, -0.1) is 0 Å². The van der Waals surface area contributed by atoms with Gasteiger partial charge in [0.15, 0.2) is 17.3 Å². The zero-order valence-corrected chi connectivity index (χ0v) is 12.2. The van der Waals surface area contributed by atoms with Gasteiger partial charge in [-0.05, 0) is 37.0 Å². The summed E-state index contributed by atoms with van der Waals surface area (Å²) in [4.78, 5) is 15.4. The Kier molecular flexibility index (Phi) is 2.33. The average Bonchev–Trinajstić information content (AvgIpc) is 3.17. The van der Waals surface area contributed by atoms with Crippen LogP contribution in [0.5, 0.6) is 0 Å². The van der Waals surface area contributed by atoms with E-state index in [9.17, 15) is 4.79 Å². The van der Waals surface area contributed by atoms with E-state index in [1.165, 1.54) is 11.3 Å². The van der Waals surface area contributed by atoms with Crippen molar-refractivity contribution in [1.82, 2.24) is 0 Å². The summed E-state index contributed by atoms with van der Waals surface area (Å²) >= 11 is 0. The summed E-state index contributed by atoms with van der Waals surface area (Å²) in [6.07, 6.45) is 6.61. The van der Waals surface area contributed by atoms with Crippen molar-refractivity contribution in [1.29, 1.82) is 0 Å². The first kappa shape index (κ1) is 12.3. The molecule has 1 aromatic rings. The van der Waals surface area contributed by atoms with Crippen LogP contribution in [0.15, 0.2) is 47.9 Å². The maximum absolute atomic E-state index is 13.0. The van der Waals surface area contributed by atoms with Crippen molar-refractivity contribution in [2.24, 2.45) is 5.41 Å². The van der Waals surface area contributed by atoms with E-state index in [-0.39, 0.29) is 18.6 Å². The molecule has 112 valence electrons. The average molecular weight is 295 g/mol. The molecule has 22 heavy (non-hydrogen) atoms. The lowest BCUT2D eigenvalue weighted by Crippen LogP contribution is -2.53. The minimum absolute atomic E-state index is 0.156. The molecule has 1 aliphatic carbocycles. The van der Waals surface area contributed by atoms with Crippen molar-refractivity contribution in [2.45, 2.75) is 25.3 Å². The molecule has 0 aromatic heterocycles. The van der Waals surface area contributed by atoms with Crippen LogP contribution in [0.3, 0.4) is 0 Å². The number of hydrogen-bond donors (Lipinski definition) is 0. The molecule has 0 N–H and O–H groups in total. The van der Waals surface area contributed by atoms with Gasteiger partial charge in [-0.1, -0.05) is 18.2 Å². The molecule has 0 bridgehead atoms. The van der Waals surface area contributed by atoms with Crippen LogP contribution in [-0.4, -0.2) is 25.2 Å². The molecule has 2 atom stereocenters. The smallest absolute Gasteiger partial charge is 0.231 e. The number of fused-ring (bicyclic) bond motifs is 5. The van der Waals surface area contributed by atoms with E-state index in [1.54, 1.807) is 6.08 Å². The Bertz CT molecular complexity index is 736. The van der Waals surface area contributed by atoms with Gasteiger partial charge in [0.25, 0.3) is 0 Å². The number of carbonyl (C=O) groups is 1. The van der Waals surface area contributed by atoms with Crippen molar-refractivity contribution >= 4 is 11.5 Å². The van der Waals surface area contributed by atoms with Gasteiger partial charge in [0.1, 0.15) is 0 Å². The first-order valence-electron chi connectivity index (χ1n) is 7.87. The largest absolute Gasteiger partial charge is 0.454 e. The highest BCUT2D eigenvalue weighted by molar-refractivity contribution is 6.00. The molecule has 4 heteroatoms. The number of ketones is 1. The monoisotopic (exact) mass is 295 g/mol. The predicted molar refractivity (Wildman–Crippen MR) is 81.2 cm³/mol. The first-order chi connectivity index (χ1) is 10.8. The van der Waals surface area contributed by atoms with E-state index in [1.807, 2.05) is 6.08 Å². The van der Waals surface area contributed by atoms with Crippen LogP contribution in [-0.2, 0) is 20.7 Å². The van der Waals surface area contributed by atoms with E-state index in [4.69, 9.17) is 9.47 Å². The van der Waals surface area contributed by atoms with Crippen LogP contribution in [0, 0.1) is 5.41 Å². The summed E-state index contributed by atoms with van der Waals surface area (Å²) in [5.74, 6) is 1.49. The van der Waals surface area contributed by atoms with Gasteiger partial charge in [-0.25, -0.2) is 0 Å². The molecule has 2 saturated heterocycles. The number of allylic oxidation sites excluding steroid dienone is 1. The van der Waals surface area contributed by atoms with Gasteiger partial charge in [0.05, 0.1) is 5.41 Å². The highest BCUT2D eigenvalue weighted by atomic mass is 16.7. The Labute approximate surface area is 129 Å². The lowest BCUT2D eigenvalue weighted by Gasteiger charge is -2.46. The van der Waals surface area contributed by atoms with Crippen LogP contribution in [0.2, 0.25) is 0 Å². The molecule has 1 aromatic carbocycles. The molecular weight excluding hydrogens is 278 g/mol. The van der Waals surface area contributed by atoms with Crippen molar-refractivity contribution in [3.05, 3.63) is 53.5 Å². The number of carbonyl (C=O) groups excluding carboxylic acids is 1. The molecule has 0 saturated carbocycles. The fraction of sp³-hybridized carbons (Fsp3) is 0.389. The minimum atomic E-state index is -0.503. The van der Waals surface area contributed by atoms with Gasteiger partial charge in [0.2, 0.25) is 6.79 Å². The molecule has 4 aliphatic rings. The predicted octanol–water partition coefficient (Wildman–Crippen LogP) is 2.55. The number of hydrogen-bond acceptors (Lipinski definition) is 4. The second-order valence-electron chi connectivity index (χ2n) is 6.49. The number of rotatable bonds is 0. The van der Waals surface area contributed by atoms with Gasteiger partial charge in [-0.3, -0.25) is 4.79 Å². The molecule has 0 unspecified atom stereocenters. The zero-order chi connectivity index (χ0) is 14.7. The summed E-state index contributed by atoms with van der Waals surface area (Å²) in [6, 6.07) is 8.68. The minimum Gasteiger partial charge on any atom is -0.454 e. The van der Waals surface area contributed by atoms with E-state index in [2.05, 4.69) is 29.2 Å². The van der Waals surface area contributed by atoms with Crippen LogP contribution in [0.1, 0.15) is 18.4 Å². The Morgan fingerprint density at radius 3 is 3.00 bits per heavy atom. The standard InChI is InChI=1S/C18H17NO3/c20-17-8-14-15(22-11-21-14)10-18(17)9-12-4-1-2-5-13(12)19-7-3-6-16(18)19/h1-2,4-5,8,10,16H,3,6-7,9,11H2/t16-,18-/m0/s1. The highest BCUT2D eigenvalue weighted by Gasteiger charge is 2.53. The summed E-state index contributed by atoms with van der Waals surface area (Å²) in [7, 11) is 0. The van der Waals surface area contributed by atoms with Crippen LogP contribution in [0.25, 0.3) is 0 Å². The van der Waals surface area contributed by atoms with E-state index in [0.29, 0.717) is 5.76 Å². The number of anilines is 1. The number of para-hydroxylation sites is 1. The van der Waals surface area contributed by atoms with E-state index < -0.39 is 5.41 Å². The molecule has 3 heterocycles. The molecule has 4 nitrogen and oxygen atoms in total.